The summed E-state index contributed by atoms with van der Waals surface area (Å²) >= 11 is 0. The molecule has 0 aliphatic carbocycles. The molecule has 1 aromatic carbocycles. The number of unbranched alkanes of at least 4 members (excludes halogenated alkanes) is 2. The van der Waals surface area contributed by atoms with Gasteiger partial charge in [-0.1, -0.05) is 44.9 Å². The predicted octanol–water partition coefficient (Wildman–Crippen LogP) is 5.14. The molecular formula is C20H34N2O2. The van der Waals surface area contributed by atoms with E-state index in [1.54, 1.807) is 0 Å². The summed E-state index contributed by atoms with van der Waals surface area (Å²) in [6.45, 7) is 12.2. The Balaban J connectivity index is 2.31. The van der Waals surface area contributed by atoms with E-state index in [2.05, 4.69) is 24.1 Å². The van der Waals surface area contributed by atoms with E-state index in [9.17, 15) is 4.79 Å². The summed E-state index contributed by atoms with van der Waals surface area (Å²) in [5.41, 5.74) is 2.96. The number of hydrogen-bond donors (Lipinski definition) is 1. The first kappa shape index (κ1) is 20.5. The fourth-order valence-electron chi connectivity index (χ4n) is 2.70. The fourth-order valence-corrected chi connectivity index (χ4v) is 2.70. The average molecular weight is 335 g/mol. The summed E-state index contributed by atoms with van der Waals surface area (Å²) in [6, 6.07) is 5.96. The number of benzene rings is 1. The van der Waals surface area contributed by atoms with Crippen molar-refractivity contribution in [3.8, 4) is 0 Å². The van der Waals surface area contributed by atoms with Crippen molar-refractivity contribution in [2.24, 2.45) is 0 Å². The Hall–Kier alpha value is -1.55. The van der Waals surface area contributed by atoms with Crippen molar-refractivity contribution in [3.63, 3.8) is 0 Å². The van der Waals surface area contributed by atoms with E-state index in [0.29, 0.717) is 6.61 Å². The van der Waals surface area contributed by atoms with Gasteiger partial charge in [-0.15, -0.1) is 0 Å². The standard InChI is InChI=1S/C20H34N2O2/c1-5-7-13-22(14-8-6-2)15-10-16-24-20(23)21-19-17(3)11-9-12-18(19)4/h9,11-12H,5-8,10,13-16H2,1-4H3,(H,21,23). The Morgan fingerprint density at radius 2 is 1.54 bits per heavy atom. The minimum absolute atomic E-state index is 0.360. The largest absolute Gasteiger partial charge is 0.449 e. The minimum atomic E-state index is -0.360. The zero-order valence-electron chi connectivity index (χ0n) is 15.9. The summed E-state index contributed by atoms with van der Waals surface area (Å²) in [7, 11) is 0. The molecule has 0 heterocycles. The Labute approximate surface area is 147 Å². The van der Waals surface area contributed by atoms with Gasteiger partial charge in [-0.3, -0.25) is 5.32 Å². The van der Waals surface area contributed by atoms with Crippen LogP contribution in [0.4, 0.5) is 10.5 Å². The number of aryl methyl sites for hydroxylation is 2. The number of anilines is 1. The fraction of sp³-hybridized carbons (Fsp3) is 0.650. The van der Waals surface area contributed by atoms with E-state index in [4.69, 9.17) is 4.74 Å². The van der Waals surface area contributed by atoms with Crippen LogP contribution in [0.15, 0.2) is 18.2 Å². The number of nitrogens with one attached hydrogen (secondary N) is 1. The number of amides is 1. The quantitative estimate of drug-likeness (QED) is 0.569. The van der Waals surface area contributed by atoms with Crippen LogP contribution < -0.4 is 5.32 Å². The van der Waals surface area contributed by atoms with Crippen molar-refractivity contribution in [2.75, 3.05) is 31.6 Å². The summed E-state index contributed by atoms with van der Waals surface area (Å²) in [5, 5.41) is 2.86. The molecule has 0 unspecified atom stereocenters. The molecule has 4 nitrogen and oxygen atoms in total. The van der Waals surface area contributed by atoms with E-state index < -0.39 is 0 Å². The van der Waals surface area contributed by atoms with Gasteiger partial charge in [0.15, 0.2) is 0 Å². The smallest absolute Gasteiger partial charge is 0.411 e. The molecule has 0 bridgehead atoms. The normalized spacial score (nSPS) is 10.9. The second kappa shape index (κ2) is 11.9. The first-order valence-electron chi connectivity index (χ1n) is 9.30. The highest BCUT2D eigenvalue weighted by Crippen LogP contribution is 2.19. The maximum atomic E-state index is 12.0. The Morgan fingerprint density at radius 1 is 1.00 bits per heavy atom. The number of hydrogen-bond acceptors (Lipinski definition) is 3. The highest BCUT2D eigenvalue weighted by molar-refractivity contribution is 5.86. The molecule has 0 saturated heterocycles. The van der Waals surface area contributed by atoms with Crippen molar-refractivity contribution < 1.29 is 9.53 Å². The molecular weight excluding hydrogens is 300 g/mol. The summed E-state index contributed by atoms with van der Waals surface area (Å²) in [6.07, 6.45) is 5.43. The van der Waals surface area contributed by atoms with Gasteiger partial charge in [0.05, 0.1) is 6.61 Å². The van der Waals surface area contributed by atoms with Crippen molar-refractivity contribution in [1.29, 1.82) is 0 Å². The van der Waals surface area contributed by atoms with Gasteiger partial charge in [0.25, 0.3) is 0 Å². The van der Waals surface area contributed by atoms with Crippen LogP contribution in [0.2, 0.25) is 0 Å². The predicted molar refractivity (Wildman–Crippen MR) is 102 cm³/mol. The molecule has 136 valence electrons. The first-order valence-corrected chi connectivity index (χ1v) is 9.30. The van der Waals surface area contributed by atoms with Crippen molar-refractivity contribution in [1.82, 2.24) is 4.90 Å². The number of nitrogens with zero attached hydrogens (tertiary/aromatic N) is 1. The van der Waals surface area contributed by atoms with E-state index in [-0.39, 0.29) is 6.09 Å². The molecule has 0 spiro atoms. The molecule has 0 saturated carbocycles. The number of para-hydroxylation sites is 1. The first-order chi connectivity index (χ1) is 11.6. The molecule has 1 N–H and O–H groups in total. The van der Waals surface area contributed by atoms with Crippen molar-refractivity contribution in [2.45, 2.75) is 59.8 Å². The summed E-state index contributed by atoms with van der Waals surface area (Å²) in [5.74, 6) is 0. The van der Waals surface area contributed by atoms with Crippen LogP contribution >= 0.6 is 0 Å². The molecule has 0 aliphatic heterocycles. The lowest BCUT2D eigenvalue weighted by Crippen LogP contribution is -2.28. The SMILES string of the molecule is CCCCN(CCCC)CCCOC(=O)Nc1c(C)cccc1C. The Bertz CT molecular complexity index is 460. The third-order valence-electron chi connectivity index (χ3n) is 4.22. The summed E-state index contributed by atoms with van der Waals surface area (Å²) < 4.78 is 5.34. The molecule has 1 amide bonds. The zero-order valence-corrected chi connectivity index (χ0v) is 15.9. The van der Waals surface area contributed by atoms with Crippen LogP contribution in [0.1, 0.15) is 57.1 Å². The van der Waals surface area contributed by atoms with Gasteiger partial charge in [-0.25, -0.2) is 4.79 Å². The van der Waals surface area contributed by atoms with E-state index in [1.165, 1.54) is 25.7 Å². The van der Waals surface area contributed by atoms with E-state index in [0.717, 1.165) is 42.9 Å². The van der Waals surface area contributed by atoms with Crippen LogP contribution in [-0.2, 0) is 4.74 Å². The molecule has 0 atom stereocenters. The minimum Gasteiger partial charge on any atom is -0.449 e. The van der Waals surface area contributed by atoms with Crippen LogP contribution in [0.5, 0.6) is 0 Å². The highest BCUT2D eigenvalue weighted by atomic mass is 16.5. The van der Waals surface area contributed by atoms with Gasteiger partial charge >= 0.3 is 6.09 Å². The Morgan fingerprint density at radius 3 is 2.08 bits per heavy atom. The molecule has 0 aromatic heterocycles. The van der Waals surface area contributed by atoms with Crippen molar-refractivity contribution in [3.05, 3.63) is 29.3 Å². The van der Waals surface area contributed by atoms with Crippen LogP contribution in [0, 0.1) is 13.8 Å². The van der Waals surface area contributed by atoms with E-state index >= 15 is 0 Å². The van der Waals surface area contributed by atoms with Crippen LogP contribution in [0.3, 0.4) is 0 Å². The molecule has 0 fully saturated rings. The average Bonchev–Trinajstić information content (AvgIpc) is 2.56. The Kier molecular flexibility index (Phi) is 10.2. The number of ether oxygens (including phenoxy) is 1. The van der Waals surface area contributed by atoms with Crippen LogP contribution in [0.25, 0.3) is 0 Å². The third kappa shape index (κ3) is 7.82. The lowest BCUT2D eigenvalue weighted by molar-refractivity contribution is 0.151. The molecule has 0 radical (unpaired) electrons. The van der Waals surface area contributed by atoms with Gasteiger partial charge in [-0.2, -0.15) is 0 Å². The van der Waals surface area contributed by atoms with Gasteiger partial charge in [-0.05, 0) is 57.3 Å². The molecule has 24 heavy (non-hydrogen) atoms. The van der Waals surface area contributed by atoms with Gasteiger partial charge in [0, 0.05) is 12.2 Å². The maximum Gasteiger partial charge on any atom is 0.411 e. The lowest BCUT2D eigenvalue weighted by atomic mass is 10.1. The zero-order chi connectivity index (χ0) is 17.8. The summed E-state index contributed by atoms with van der Waals surface area (Å²) in [4.78, 5) is 14.4. The molecule has 1 aromatic rings. The number of carbonyl (C=O) groups excluding carboxylic acids is 1. The second-order valence-corrected chi connectivity index (χ2v) is 6.43. The van der Waals surface area contributed by atoms with Gasteiger partial charge < -0.3 is 9.64 Å². The number of rotatable bonds is 11. The third-order valence-corrected chi connectivity index (χ3v) is 4.22. The van der Waals surface area contributed by atoms with Crippen LogP contribution in [-0.4, -0.2) is 37.2 Å². The second-order valence-electron chi connectivity index (χ2n) is 6.43. The topological polar surface area (TPSA) is 41.6 Å². The van der Waals surface area contributed by atoms with Gasteiger partial charge in [0.1, 0.15) is 0 Å². The van der Waals surface area contributed by atoms with Crippen molar-refractivity contribution >= 4 is 11.8 Å². The molecule has 1 rings (SSSR count). The monoisotopic (exact) mass is 334 g/mol. The molecule has 0 aliphatic rings. The maximum absolute atomic E-state index is 12.0. The van der Waals surface area contributed by atoms with E-state index in [1.807, 2.05) is 32.0 Å². The highest BCUT2D eigenvalue weighted by Gasteiger charge is 2.09. The van der Waals surface area contributed by atoms with Gasteiger partial charge in [0.2, 0.25) is 0 Å². The number of carbonyl (C=O) groups is 1. The molecule has 4 heteroatoms. The lowest BCUT2D eigenvalue weighted by Gasteiger charge is -2.21.